The molecule has 0 amide bonds. The van der Waals surface area contributed by atoms with Crippen LogP contribution in [0.3, 0.4) is 0 Å². The Bertz CT molecular complexity index is 330. The molecule has 2 nitrogen and oxygen atoms in total. The van der Waals surface area contributed by atoms with E-state index in [0.29, 0.717) is 11.5 Å². The fraction of sp³-hybridized carbons (Fsp3) is 0.800. The maximum Gasteiger partial charge on any atom is 0.333 e. The first-order valence-corrected chi connectivity index (χ1v) is 6.53. The van der Waals surface area contributed by atoms with E-state index >= 15 is 0 Å². The highest BCUT2D eigenvalue weighted by molar-refractivity contribution is 5.87. The monoisotopic (exact) mass is 238 g/mol. The summed E-state index contributed by atoms with van der Waals surface area (Å²) in [6.45, 7) is 16.6. The standard InChI is InChI=1S/C15H26O2/c1-8-15(7)12(17-13(16)10(2)3)9-11(4)14(15,5)6/h11-12H,2,8-9H2,1,3-7H3. The Morgan fingerprint density at radius 3 is 2.35 bits per heavy atom. The average molecular weight is 238 g/mol. The fourth-order valence-electron chi connectivity index (χ4n) is 2.94. The fourth-order valence-corrected chi connectivity index (χ4v) is 2.94. The van der Waals surface area contributed by atoms with Crippen molar-refractivity contribution in [1.29, 1.82) is 0 Å². The first-order valence-electron chi connectivity index (χ1n) is 6.53. The molecule has 1 aliphatic rings. The van der Waals surface area contributed by atoms with Gasteiger partial charge >= 0.3 is 5.97 Å². The number of hydrogen-bond acceptors (Lipinski definition) is 2. The van der Waals surface area contributed by atoms with Crippen LogP contribution in [0.2, 0.25) is 0 Å². The van der Waals surface area contributed by atoms with Crippen molar-refractivity contribution in [2.45, 2.75) is 60.5 Å². The summed E-state index contributed by atoms with van der Waals surface area (Å²) < 4.78 is 5.65. The van der Waals surface area contributed by atoms with Gasteiger partial charge in [0.25, 0.3) is 0 Å². The van der Waals surface area contributed by atoms with Gasteiger partial charge in [-0.25, -0.2) is 4.79 Å². The quantitative estimate of drug-likeness (QED) is 0.549. The normalized spacial score (nSPS) is 35.6. The number of ether oxygens (including phenoxy) is 1. The van der Waals surface area contributed by atoms with E-state index in [-0.39, 0.29) is 22.9 Å². The highest BCUT2D eigenvalue weighted by atomic mass is 16.5. The molecule has 0 bridgehead atoms. The minimum Gasteiger partial charge on any atom is -0.458 e. The molecule has 3 unspecified atom stereocenters. The third-order valence-electron chi connectivity index (χ3n) is 5.31. The van der Waals surface area contributed by atoms with Gasteiger partial charge in [0, 0.05) is 11.0 Å². The maximum absolute atomic E-state index is 11.7. The Balaban J connectivity index is 2.95. The highest BCUT2D eigenvalue weighted by Crippen LogP contribution is 2.58. The highest BCUT2D eigenvalue weighted by Gasteiger charge is 2.56. The molecule has 98 valence electrons. The third kappa shape index (κ3) is 2.14. The van der Waals surface area contributed by atoms with Crippen molar-refractivity contribution >= 4 is 5.97 Å². The first-order chi connectivity index (χ1) is 7.66. The van der Waals surface area contributed by atoms with Crippen LogP contribution < -0.4 is 0 Å². The molecular formula is C15H26O2. The van der Waals surface area contributed by atoms with Crippen LogP contribution in [0.25, 0.3) is 0 Å². The van der Waals surface area contributed by atoms with Crippen LogP contribution in [-0.4, -0.2) is 12.1 Å². The lowest BCUT2D eigenvalue weighted by Crippen LogP contribution is -2.40. The minimum atomic E-state index is -0.250. The second-order valence-electron chi connectivity index (χ2n) is 6.30. The van der Waals surface area contributed by atoms with Gasteiger partial charge in [-0.1, -0.05) is 41.2 Å². The predicted molar refractivity (Wildman–Crippen MR) is 70.7 cm³/mol. The first kappa shape index (κ1) is 14.3. The van der Waals surface area contributed by atoms with Gasteiger partial charge in [-0.3, -0.25) is 0 Å². The Morgan fingerprint density at radius 1 is 1.41 bits per heavy atom. The molecule has 1 saturated carbocycles. The summed E-state index contributed by atoms with van der Waals surface area (Å²) in [6, 6.07) is 0. The van der Waals surface area contributed by atoms with E-state index in [4.69, 9.17) is 4.74 Å². The molecule has 1 rings (SSSR count). The number of hydrogen-bond donors (Lipinski definition) is 0. The second kappa shape index (κ2) is 4.47. The summed E-state index contributed by atoms with van der Waals surface area (Å²) in [4.78, 5) is 11.7. The van der Waals surface area contributed by atoms with Crippen molar-refractivity contribution in [3.8, 4) is 0 Å². The number of rotatable bonds is 3. The SMILES string of the molecule is C=C(C)C(=O)OC1CC(C)C(C)(C)C1(C)CC. The Hall–Kier alpha value is -0.790. The number of esters is 1. The molecule has 0 spiro atoms. The lowest BCUT2D eigenvalue weighted by atomic mass is 9.64. The van der Waals surface area contributed by atoms with Crippen LogP contribution in [0.15, 0.2) is 12.2 Å². The molecule has 0 aromatic rings. The molecule has 0 radical (unpaired) electrons. The van der Waals surface area contributed by atoms with E-state index in [2.05, 4.69) is 41.2 Å². The molecule has 17 heavy (non-hydrogen) atoms. The van der Waals surface area contributed by atoms with Crippen LogP contribution in [0.5, 0.6) is 0 Å². The van der Waals surface area contributed by atoms with Crippen molar-refractivity contribution in [3.05, 3.63) is 12.2 Å². The molecule has 1 fully saturated rings. The lowest BCUT2D eigenvalue weighted by molar-refractivity contribution is -0.151. The summed E-state index contributed by atoms with van der Waals surface area (Å²) in [5.74, 6) is 0.315. The van der Waals surface area contributed by atoms with Crippen LogP contribution in [0, 0.1) is 16.7 Å². The Labute approximate surface area is 105 Å². The van der Waals surface area contributed by atoms with Gasteiger partial charge in [0.2, 0.25) is 0 Å². The summed E-state index contributed by atoms with van der Waals surface area (Å²) in [7, 11) is 0. The molecule has 0 saturated heterocycles. The molecule has 3 atom stereocenters. The summed E-state index contributed by atoms with van der Waals surface area (Å²) >= 11 is 0. The zero-order valence-corrected chi connectivity index (χ0v) is 12.1. The molecule has 0 aromatic carbocycles. The molecule has 0 heterocycles. The topological polar surface area (TPSA) is 26.3 Å². The van der Waals surface area contributed by atoms with E-state index < -0.39 is 0 Å². The predicted octanol–water partition coefficient (Wildman–Crippen LogP) is 3.96. The number of carbonyl (C=O) groups is 1. The van der Waals surface area contributed by atoms with Crippen LogP contribution in [0.1, 0.15) is 54.4 Å². The van der Waals surface area contributed by atoms with Crippen LogP contribution >= 0.6 is 0 Å². The summed E-state index contributed by atoms with van der Waals surface area (Å²) in [5, 5.41) is 0. The molecule has 0 aliphatic heterocycles. The summed E-state index contributed by atoms with van der Waals surface area (Å²) in [5.41, 5.74) is 0.736. The largest absolute Gasteiger partial charge is 0.458 e. The molecule has 0 N–H and O–H groups in total. The Morgan fingerprint density at radius 2 is 1.94 bits per heavy atom. The second-order valence-corrected chi connectivity index (χ2v) is 6.30. The van der Waals surface area contributed by atoms with Crippen LogP contribution in [-0.2, 0) is 9.53 Å². The molecular weight excluding hydrogens is 212 g/mol. The van der Waals surface area contributed by atoms with Gasteiger partial charge in [0.1, 0.15) is 6.10 Å². The van der Waals surface area contributed by atoms with E-state index in [9.17, 15) is 4.79 Å². The van der Waals surface area contributed by atoms with Gasteiger partial charge in [0.15, 0.2) is 0 Å². The van der Waals surface area contributed by atoms with Gasteiger partial charge < -0.3 is 4.74 Å². The third-order valence-corrected chi connectivity index (χ3v) is 5.31. The average Bonchev–Trinajstić information content (AvgIpc) is 2.40. The van der Waals surface area contributed by atoms with Crippen molar-refractivity contribution < 1.29 is 9.53 Å². The molecule has 1 aliphatic carbocycles. The molecule has 2 heteroatoms. The number of carbonyl (C=O) groups excluding carboxylic acids is 1. The Kier molecular flexibility index (Phi) is 3.75. The van der Waals surface area contributed by atoms with E-state index in [1.807, 2.05) is 0 Å². The van der Waals surface area contributed by atoms with Gasteiger partial charge in [0.05, 0.1) is 0 Å². The van der Waals surface area contributed by atoms with E-state index in [1.54, 1.807) is 6.92 Å². The smallest absolute Gasteiger partial charge is 0.333 e. The van der Waals surface area contributed by atoms with E-state index in [0.717, 1.165) is 12.8 Å². The lowest BCUT2D eigenvalue weighted by Gasteiger charge is -2.42. The van der Waals surface area contributed by atoms with Crippen molar-refractivity contribution in [1.82, 2.24) is 0 Å². The van der Waals surface area contributed by atoms with E-state index in [1.165, 1.54) is 0 Å². The van der Waals surface area contributed by atoms with Crippen LogP contribution in [0.4, 0.5) is 0 Å². The maximum atomic E-state index is 11.7. The zero-order chi connectivity index (χ0) is 13.4. The van der Waals surface area contributed by atoms with Crippen molar-refractivity contribution in [2.24, 2.45) is 16.7 Å². The summed E-state index contributed by atoms with van der Waals surface area (Å²) in [6.07, 6.45) is 2.00. The van der Waals surface area contributed by atoms with Crippen molar-refractivity contribution in [2.75, 3.05) is 0 Å². The van der Waals surface area contributed by atoms with Gasteiger partial charge in [-0.15, -0.1) is 0 Å². The van der Waals surface area contributed by atoms with Crippen molar-refractivity contribution in [3.63, 3.8) is 0 Å². The van der Waals surface area contributed by atoms with Gasteiger partial charge in [-0.2, -0.15) is 0 Å². The minimum absolute atomic E-state index is 0.0155. The van der Waals surface area contributed by atoms with Gasteiger partial charge in [-0.05, 0) is 31.1 Å². The molecule has 0 aromatic heterocycles. The zero-order valence-electron chi connectivity index (χ0n) is 12.1.